The molecule has 1 aromatic carbocycles. The Morgan fingerprint density at radius 1 is 1.32 bits per heavy atom. The molecule has 4 rings (SSSR count). The normalized spacial score (nSPS) is 16.5. The largest absolute Gasteiger partial charge is 0.443 e. The smallest absolute Gasteiger partial charge is 0.339 e. The second kappa shape index (κ2) is 6.17. The summed E-state index contributed by atoms with van der Waals surface area (Å²) in [6.45, 7) is 5.64. The van der Waals surface area contributed by atoms with E-state index in [0.717, 1.165) is 28.6 Å². The maximum atomic E-state index is 12.1. The monoisotopic (exact) mass is 357 g/mol. The van der Waals surface area contributed by atoms with Crippen molar-refractivity contribution < 1.29 is 14.1 Å². The maximum absolute atomic E-state index is 12.1. The number of nitrogens with one attached hydrogen (secondary N) is 1. The molecule has 1 unspecified atom stereocenters. The Hall–Kier alpha value is -2.37. The third-order valence-electron chi connectivity index (χ3n) is 4.77. The molecule has 5 nitrogen and oxygen atoms in total. The lowest BCUT2D eigenvalue weighted by Crippen LogP contribution is -3.10. The molecule has 0 amide bonds. The van der Waals surface area contributed by atoms with E-state index in [1.807, 2.05) is 31.3 Å². The van der Waals surface area contributed by atoms with E-state index >= 15 is 0 Å². The Kier molecular flexibility index (Phi) is 3.98. The van der Waals surface area contributed by atoms with Crippen LogP contribution in [0.2, 0.25) is 5.02 Å². The Morgan fingerprint density at radius 2 is 2.16 bits per heavy atom. The van der Waals surface area contributed by atoms with Crippen molar-refractivity contribution in [3.05, 3.63) is 68.3 Å². The zero-order valence-corrected chi connectivity index (χ0v) is 14.8. The number of quaternary nitrogens is 1. The molecule has 0 fully saturated rings. The number of ether oxygens (including phenoxy) is 1. The lowest BCUT2D eigenvalue weighted by molar-refractivity contribution is -0.945. The van der Waals surface area contributed by atoms with Gasteiger partial charge in [0, 0.05) is 28.9 Å². The minimum atomic E-state index is -0.311. The number of hydrogen-bond acceptors (Lipinski definition) is 4. The van der Waals surface area contributed by atoms with Gasteiger partial charge in [0.1, 0.15) is 13.1 Å². The number of fused-ring (bicyclic) bond motifs is 3. The van der Waals surface area contributed by atoms with Gasteiger partial charge in [-0.05, 0) is 31.5 Å². The van der Waals surface area contributed by atoms with Gasteiger partial charge in [0.15, 0.2) is 11.3 Å². The van der Waals surface area contributed by atoms with Crippen molar-refractivity contribution in [3.8, 4) is 5.75 Å². The summed E-state index contributed by atoms with van der Waals surface area (Å²) in [5.41, 5.74) is 3.76. The molecule has 0 aliphatic carbocycles. The van der Waals surface area contributed by atoms with Crippen LogP contribution < -0.4 is 15.3 Å². The van der Waals surface area contributed by atoms with Crippen molar-refractivity contribution in [3.63, 3.8) is 0 Å². The number of rotatable bonds is 2. The zero-order valence-electron chi connectivity index (χ0n) is 14.1. The molecule has 0 bridgehead atoms. The molecule has 3 aromatic rings. The highest BCUT2D eigenvalue weighted by atomic mass is 35.5. The third-order valence-corrected chi connectivity index (χ3v) is 5.05. The SMILES string of the molecule is Cc1c(C)c2cc(Cl)c3c(c2oc1=O)C[NH+](Cc1cccnc1)CO3. The molecule has 128 valence electrons. The van der Waals surface area contributed by atoms with Gasteiger partial charge in [-0.1, -0.05) is 17.7 Å². The van der Waals surface area contributed by atoms with Crippen LogP contribution in [0.4, 0.5) is 0 Å². The first kappa shape index (κ1) is 16.1. The van der Waals surface area contributed by atoms with Crippen LogP contribution >= 0.6 is 11.6 Å². The van der Waals surface area contributed by atoms with E-state index in [1.165, 1.54) is 4.90 Å². The summed E-state index contributed by atoms with van der Waals surface area (Å²) >= 11 is 6.43. The fraction of sp³-hybridized carbons (Fsp3) is 0.263. The Labute approximate surface area is 149 Å². The Bertz CT molecular complexity index is 1010. The predicted molar refractivity (Wildman–Crippen MR) is 95.1 cm³/mol. The van der Waals surface area contributed by atoms with E-state index in [4.69, 9.17) is 20.8 Å². The molecule has 0 spiro atoms. The second-order valence-corrected chi connectivity index (χ2v) is 6.84. The van der Waals surface area contributed by atoms with Crippen molar-refractivity contribution in [2.75, 3.05) is 6.73 Å². The lowest BCUT2D eigenvalue weighted by Gasteiger charge is -2.27. The highest BCUT2D eigenvalue weighted by Crippen LogP contribution is 2.37. The molecule has 1 aliphatic rings. The van der Waals surface area contributed by atoms with Gasteiger partial charge in [-0.15, -0.1) is 0 Å². The topological polar surface area (TPSA) is 56.8 Å². The van der Waals surface area contributed by atoms with Crippen LogP contribution in [0, 0.1) is 13.8 Å². The van der Waals surface area contributed by atoms with Crippen LogP contribution in [0.5, 0.6) is 5.75 Å². The van der Waals surface area contributed by atoms with E-state index in [1.54, 1.807) is 13.1 Å². The van der Waals surface area contributed by atoms with Crippen LogP contribution in [0.15, 0.2) is 39.8 Å². The van der Waals surface area contributed by atoms with E-state index in [9.17, 15) is 4.79 Å². The molecule has 0 saturated heterocycles. The summed E-state index contributed by atoms with van der Waals surface area (Å²) in [4.78, 5) is 17.5. The molecule has 2 aromatic heterocycles. The van der Waals surface area contributed by atoms with Gasteiger partial charge in [-0.3, -0.25) is 9.88 Å². The first-order valence-corrected chi connectivity index (χ1v) is 8.53. The number of hydrogen-bond donors (Lipinski definition) is 1. The number of nitrogens with zero attached hydrogens (tertiary/aromatic N) is 1. The minimum absolute atomic E-state index is 0.311. The van der Waals surface area contributed by atoms with Crippen LogP contribution in [0.1, 0.15) is 22.3 Å². The summed E-state index contributed by atoms with van der Waals surface area (Å²) in [5, 5.41) is 1.42. The molecule has 0 radical (unpaired) electrons. The van der Waals surface area contributed by atoms with E-state index < -0.39 is 0 Å². The molecular formula is C19H18ClN2O3+. The summed E-state index contributed by atoms with van der Waals surface area (Å²) < 4.78 is 11.5. The molecule has 1 atom stereocenters. The third kappa shape index (κ3) is 2.79. The van der Waals surface area contributed by atoms with Gasteiger partial charge in [0.25, 0.3) is 0 Å². The fourth-order valence-electron chi connectivity index (χ4n) is 3.28. The molecule has 3 heterocycles. The van der Waals surface area contributed by atoms with E-state index in [-0.39, 0.29) is 5.63 Å². The second-order valence-electron chi connectivity index (χ2n) is 6.44. The summed E-state index contributed by atoms with van der Waals surface area (Å²) in [7, 11) is 0. The summed E-state index contributed by atoms with van der Waals surface area (Å²) in [6, 6.07) is 5.79. The zero-order chi connectivity index (χ0) is 17.6. The van der Waals surface area contributed by atoms with Gasteiger partial charge in [0.05, 0.1) is 10.6 Å². The van der Waals surface area contributed by atoms with Gasteiger partial charge < -0.3 is 9.15 Å². The van der Waals surface area contributed by atoms with Crippen molar-refractivity contribution in [2.24, 2.45) is 0 Å². The molecule has 1 aliphatic heterocycles. The van der Waals surface area contributed by atoms with Gasteiger partial charge in [0.2, 0.25) is 6.73 Å². The quantitative estimate of drug-likeness (QED) is 0.715. The van der Waals surface area contributed by atoms with Crippen molar-refractivity contribution in [1.82, 2.24) is 4.98 Å². The van der Waals surface area contributed by atoms with Crippen LogP contribution in [-0.2, 0) is 13.1 Å². The highest BCUT2D eigenvalue weighted by molar-refractivity contribution is 6.33. The lowest BCUT2D eigenvalue weighted by atomic mass is 10.0. The number of aryl methyl sites for hydroxylation is 1. The summed E-state index contributed by atoms with van der Waals surface area (Å²) in [6.07, 6.45) is 3.61. The van der Waals surface area contributed by atoms with Crippen molar-refractivity contribution in [2.45, 2.75) is 26.9 Å². The first-order valence-electron chi connectivity index (χ1n) is 8.15. The molecule has 6 heteroatoms. The van der Waals surface area contributed by atoms with Crippen LogP contribution in [0.25, 0.3) is 11.0 Å². The van der Waals surface area contributed by atoms with Crippen molar-refractivity contribution >= 4 is 22.6 Å². The molecule has 25 heavy (non-hydrogen) atoms. The van der Waals surface area contributed by atoms with Gasteiger partial charge in [-0.25, -0.2) is 4.79 Å². The van der Waals surface area contributed by atoms with E-state index in [2.05, 4.69) is 4.98 Å². The van der Waals surface area contributed by atoms with Crippen molar-refractivity contribution in [1.29, 1.82) is 0 Å². The Morgan fingerprint density at radius 3 is 2.92 bits per heavy atom. The standard InChI is InChI=1S/C19H17ClN2O3/c1-11-12(2)19(23)25-17-14(11)6-16(20)18-15(17)9-22(10-24-18)8-13-4-3-5-21-7-13/h3-7H,8-10H2,1-2H3/p+1. The number of pyridine rings is 1. The first-order chi connectivity index (χ1) is 12.0. The fourth-order valence-corrected chi connectivity index (χ4v) is 3.56. The maximum Gasteiger partial charge on any atom is 0.339 e. The number of benzene rings is 1. The minimum Gasteiger partial charge on any atom is -0.443 e. The van der Waals surface area contributed by atoms with Gasteiger partial charge >= 0.3 is 5.63 Å². The molecule has 1 N–H and O–H groups in total. The van der Waals surface area contributed by atoms with Crippen LogP contribution in [0.3, 0.4) is 0 Å². The molecular weight excluding hydrogens is 340 g/mol. The van der Waals surface area contributed by atoms with E-state index in [0.29, 0.717) is 35.2 Å². The predicted octanol–water partition coefficient (Wildman–Crippen LogP) is 2.39. The average molecular weight is 358 g/mol. The highest BCUT2D eigenvalue weighted by Gasteiger charge is 2.28. The summed E-state index contributed by atoms with van der Waals surface area (Å²) in [5.74, 6) is 0.621. The number of halogens is 1. The van der Waals surface area contributed by atoms with Gasteiger partial charge in [-0.2, -0.15) is 0 Å². The van der Waals surface area contributed by atoms with Crippen LogP contribution in [-0.4, -0.2) is 11.7 Å². The average Bonchev–Trinajstić information content (AvgIpc) is 2.62. The molecule has 0 saturated carbocycles. The Balaban J connectivity index is 1.80. The number of aromatic nitrogens is 1.